The molecule has 1 fully saturated rings. The van der Waals surface area contributed by atoms with E-state index in [2.05, 4.69) is 53.2 Å². The summed E-state index contributed by atoms with van der Waals surface area (Å²) < 4.78 is 0. The standard InChI is InChI=1S/C20H31N3O/c1-3-21-14-17-8-11-22(12-9-17)20(24)16(2)23-13-10-18-6-4-5-7-19(18)15-23/h4-7,16-17,21H,3,8-15H2,1-2H3. The fourth-order valence-electron chi connectivity index (χ4n) is 3.97. The van der Waals surface area contributed by atoms with Gasteiger partial charge in [-0.15, -0.1) is 0 Å². The molecular formula is C20H31N3O. The van der Waals surface area contributed by atoms with Crippen LogP contribution in [-0.2, 0) is 17.8 Å². The number of rotatable bonds is 5. The molecule has 3 rings (SSSR count). The van der Waals surface area contributed by atoms with E-state index in [1.807, 2.05) is 0 Å². The van der Waals surface area contributed by atoms with Gasteiger partial charge in [-0.3, -0.25) is 9.69 Å². The molecule has 2 aliphatic heterocycles. The molecule has 24 heavy (non-hydrogen) atoms. The molecule has 4 heteroatoms. The molecule has 1 N–H and O–H groups in total. The van der Waals surface area contributed by atoms with Gasteiger partial charge < -0.3 is 10.2 Å². The molecule has 0 saturated carbocycles. The number of hydrogen-bond donors (Lipinski definition) is 1. The van der Waals surface area contributed by atoms with Crippen LogP contribution in [0.2, 0.25) is 0 Å². The van der Waals surface area contributed by atoms with Gasteiger partial charge in [0, 0.05) is 26.2 Å². The van der Waals surface area contributed by atoms with E-state index in [4.69, 9.17) is 0 Å². The SMILES string of the molecule is CCNCC1CCN(C(=O)C(C)N2CCc3ccccc3C2)CC1. The quantitative estimate of drug-likeness (QED) is 0.900. The summed E-state index contributed by atoms with van der Waals surface area (Å²) in [6, 6.07) is 8.62. The lowest BCUT2D eigenvalue weighted by atomic mass is 9.95. The maximum Gasteiger partial charge on any atom is 0.239 e. The summed E-state index contributed by atoms with van der Waals surface area (Å²) in [5.41, 5.74) is 2.82. The first-order valence-corrected chi connectivity index (χ1v) is 9.49. The normalized spacial score (nSPS) is 20.7. The summed E-state index contributed by atoms with van der Waals surface area (Å²) in [4.78, 5) is 17.3. The van der Waals surface area contributed by atoms with E-state index in [1.165, 1.54) is 11.1 Å². The number of piperidine rings is 1. The Labute approximate surface area is 146 Å². The van der Waals surface area contributed by atoms with E-state index in [9.17, 15) is 4.79 Å². The third kappa shape index (κ3) is 3.98. The Morgan fingerprint density at radius 1 is 1.21 bits per heavy atom. The molecule has 0 aromatic heterocycles. The second-order valence-electron chi connectivity index (χ2n) is 7.24. The zero-order chi connectivity index (χ0) is 16.9. The summed E-state index contributed by atoms with van der Waals surface area (Å²) in [5, 5.41) is 3.43. The second-order valence-corrected chi connectivity index (χ2v) is 7.24. The van der Waals surface area contributed by atoms with Crippen molar-refractivity contribution in [2.75, 3.05) is 32.7 Å². The van der Waals surface area contributed by atoms with Gasteiger partial charge in [0.25, 0.3) is 0 Å². The lowest BCUT2D eigenvalue weighted by molar-refractivity contribution is -0.138. The Balaban J connectivity index is 1.53. The van der Waals surface area contributed by atoms with Gasteiger partial charge in [-0.25, -0.2) is 0 Å². The Hall–Kier alpha value is -1.39. The van der Waals surface area contributed by atoms with Crippen LogP contribution in [0.5, 0.6) is 0 Å². The minimum Gasteiger partial charge on any atom is -0.341 e. The van der Waals surface area contributed by atoms with E-state index in [0.717, 1.165) is 64.4 Å². The summed E-state index contributed by atoms with van der Waals surface area (Å²) in [7, 11) is 0. The first kappa shape index (κ1) is 17.4. The van der Waals surface area contributed by atoms with E-state index < -0.39 is 0 Å². The van der Waals surface area contributed by atoms with Gasteiger partial charge in [-0.2, -0.15) is 0 Å². The summed E-state index contributed by atoms with van der Waals surface area (Å²) >= 11 is 0. The highest BCUT2D eigenvalue weighted by molar-refractivity contribution is 5.81. The average Bonchev–Trinajstić information content (AvgIpc) is 2.65. The van der Waals surface area contributed by atoms with Crippen molar-refractivity contribution in [2.24, 2.45) is 5.92 Å². The Kier molecular flexibility index (Phi) is 5.90. The molecule has 0 bridgehead atoms. The van der Waals surface area contributed by atoms with Crippen LogP contribution in [0.1, 0.15) is 37.8 Å². The van der Waals surface area contributed by atoms with Gasteiger partial charge >= 0.3 is 0 Å². The van der Waals surface area contributed by atoms with Crippen molar-refractivity contribution in [3.05, 3.63) is 35.4 Å². The third-order valence-corrected chi connectivity index (χ3v) is 5.67. The molecule has 2 heterocycles. The van der Waals surface area contributed by atoms with Crippen LogP contribution < -0.4 is 5.32 Å². The second kappa shape index (κ2) is 8.13. The minimum absolute atomic E-state index is 0.0105. The van der Waals surface area contributed by atoms with E-state index >= 15 is 0 Å². The predicted octanol–water partition coefficient (Wildman–Crippen LogP) is 2.28. The zero-order valence-corrected chi connectivity index (χ0v) is 15.1. The molecule has 2 aliphatic rings. The number of benzene rings is 1. The van der Waals surface area contributed by atoms with Crippen molar-refractivity contribution in [1.29, 1.82) is 0 Å². The lowest BCUT2D eigenvalue weighted by Gasteiger charge is -2.38. The van der Waals surface area contributed by atoms with Gasteiger partial charge in [0.15, 0.2) is 0 Å². The van der Waals surface area contributed by atoms with Crippen LogP contribution >= 0.6 is 0 Å². The van der Waals surface area contributed by atoms with Crippen molar-refractivity contribution in [2.45, 2.75) is 45.7 Å². The van der Waals surface area contributed by atoms with E-state index in [1.54, 1.807) is 0 Å². The smallest absolute Gasteiger partial charge is 0.239 e. The number of nitrogens with zero attached hydrogens (tertiary/aromatic N) is 2. The summed E-state index contributed by atoms with van der Waals surface area (Å²) in [6.07, 6.45) is 3.32. The van der Waals surface area contributed by atoms with Gasteiger partial charge in [-0.05, 0) is 56.3 Å². The number of nitrogens with one attached hydrogen (secondary N) is 1. The highest BCUT2D eigenvalue weighted by Gasteiger charge is 2.30. The fraction of sp³-hybridized carbons (Fsp3) is 0.650. The fourth-order valence-corrected chi connectivity index (χ4v) is 3.97. The topological polar surface area (TPSA) is 35.6 Å². The molecular weight excluding hydrogens is 298 g/mol. The number of likely N-dealkylation sites (tertiary alicyclic amines) is 1. The van der Waals surface area contributed by atoms with Gasteiger partial charge in [0.2, 0.25) is 5.91 Å². The number of amides is 1. The highest BCUT2D eigenvalue weighted by Crippen LogP contribution is 2.22. The first-order valence-electron chi connectivity index (χ1n) is 9.49. The van der Waals surface area contributed by atoms with Gasteiger partial charge in [0.1, 0.15) is 0 Å². The molecule has 1 unspecified atom stereocenters. The van der Waals surface area contributed by atoms with E-state index in [-0.39, 0.29) is 6.04 Å². The molecule has 1 saturated heterocycles. The van der Waals surface area contributed by atoms with Crippen LogP contribution in [0, 0.1) is 5.92 Å². The monoisotopic (exact) mass is 329 g/mol. The van der Waals surface area contributed by atoms with Crippen LogP contribution in [-0.4, -0.2) is 54.5 Å². The molecule has 1 aromatic rings. The minimum atomic E-state index is -0.0105. The van der Waals surface area contributed by atoms with Gasteiger partial charge in [0.05, 0.1) is 6.04 Å². The van der Waals surface area contributed by atoms with Crippen molar-refractivity contribution in [1.82, 2.24) is 15.1 Å². The molecule has 4 nitrogen and oxygen atoms in total. The largest absolute Gasteiger partial charge is 0.341 e. The first-order chi connectivity index (χ1) is 11.7. The van der Waals surface area contributed by atoms with Crippen molar-refractivity contribution in [3.63, 3.8) is 0 Å². The molecule has 0 spiro atoms. The lowest BCUT2D eigenvalue weighted by Crippen LogP contribution is -2.51. The van der Waals surface area contributed by atoms with Crippen LogP contribution in [0.25, 0.3) is 0 Å². The zero-order valence-electron chi connectivity index (χ0n) is 15.1. The van der Waals surface area contributed by atoms with Crippen molar-refractivity contribution >= 4 is 5.91 Å². The number of carbonyl (C=O) groups is 1. The molecule has 1 atom stereocenters. The predicted molar refractivity (Wildman–Crippen MR) is 97.9 cm³/mol. The molecule has 1 aromatic carbocycles. The van der Waals surface area contributed by atoms with Crippen molar-refractivity contribution in [3.8, 4) is 0 Å². The average molecular weight is 329 g/mol. The number of hydrogen-bond acceptors (Lipinski definition) is 3. The van der Waals surface area contributed by atoms with Crippen LogP contribution in [0.3, 0.4) is 0 Å². The molecule has 0 radical (unpaired) electrons. The maximum absolute atomic E-state index is 12.9. The number of fused-ring (bicyclic) bond motifs is 1. The van der Waals surface area contributed by atoms with Crippen LogP contribution in [0.4, 0.5) is 0 Å². The number of carbonyl (C=O) groups excluding carboxylic acids is 1. The Morgan fingerprint density at radius 2 is 1.92 bits per heavy atom. The Bertz CT molecular complexity index is 552. The van der Waals surface area contributed by atoms with Crippen LogP contribution in [0.15, 0.2) is 24.3 Å². The Morgan fingerprint density at radius 3 is 2.62 bits per heavy atom. The molecule has 1 amide bonds. The van der Waals surface area contributed by atoms with Gasteiger partial charge in [-0.1, -0.05) is 31.2 Å². The van der Waals surface area contributed by atoms with Crippen molar-refractivity contribution < 1.29 is 4.79 Å². The third-order valence-electron chi connectivity index (χ3n) is 5.67. The van der Waals surface area contributed by atoms with E-state index in [0.29, 0.717) is 5.91 Å². The summed E-state index contributed by atoms with van der Waals surface area (Å²) in [6.45, 7) is 10.1. The maximum atomic E-state index is 12.9. The molecule has 132 valence electrons. The highest BCUT2D eigenvalue weighted by atomic mass is 16.2. The summed E-state index contributed by atoms with van der Waals surface area (Å²) in [5.74, 6) is 1.04. The molecule has 0 aliphatic carbocycles.